The Labute approximate surface area is 185 Å². The van der Waals surface area contributed by atoms with Crippen molar-refractivity contribution in [2.24, 2.45) is 28.6 Å². The Balaban J connectivity index is 1.58. The summed E-state index contributed by atoms with van der Waals surface area (Å²) in [6.07, 6.45) is 11.2. The summed E-state index contributed by atoms with van der Waals surface area (Å²) in [6.45, 7) is 6.29. The molecule has 1 heterocycles. The van der Waals surface area contributed by atoms with Gasteiger partial charge in [0.2, 0.25) is 0 Å². The fourth-order valence-corrected chi connectivity index (χ4v) is 8.27. The van der Waals surface area contributed by atoms with Crippen molar-refractivity contribution in [2.75, 3.05) is 13.2 Å². The summed E-state index contributed by atoms with van der Waals surface area (Å²) < 4.78 is 24.1. The topological polar surface area (TPSA) is 71.1 Å². The van der Waals surface area contributed by atoms with Crippen molar-refractivity contribution in [3.63, 3.8) is 0 Å². The molecular weight excluding hydrogens is 396 g/mol. The zero-order chi connectivity index (χ0) is 21.9. The van der Waals surface area contributed by atoms with Gasteiger partial charge in [0.1, 0.15) is 5.41 Å². The van der Waals surface area contributed by atoms with Crippen LogP contribution in [0.4, 0.5) is 0 Å². The van der Waals surface area contributed by atoms with Crippen LogP contribution in [0.2, 0.25) is 0 Å². The molecule has 0 radical (unpaired) electrons. The van der Waals surface area contributed by atoms with Crippen LogP contribution in [0.25, 0.3) is 0 Å². The van der Waals surface area contributed by atoms with E-state index in [2.05, 4.69) is 13.0 Å². The standard InChI is InChI=1S/C25H36O6/c1-16(26)30-22(31-17(2)27)24-12-9-20-19(8-7-18-6-4-5-11-23(18,20)3)21(24)10-13-25(24)28-14-15-29-25/h7,19-22H,4-6,8-15H2,1-3H3/t19-,20+,21+,23+,24+/m1/s1. The minimum atomic E-state index is -0.974. The molecule has 6 nitrogen and oxygen atoms in total. The van der Waals surface area contributed by atoms with Crippen LogP contribution >= 0.6 is 0 Å². The highest BCUT2D eigenvalue weighted by Crippen LogP contribution is 2.70. The van der Waals surface area contributed by atoms with E-state index in [-0.39, 0.29) is 11.3 Å². The average molecular weight is 433 g/mol. The zero-order valence-corrected chi connectivity index (χ0v) is 19.1. The maximum absolute atomic E-state index is 12.1. The number of carbonyl (C=O) groups is 2. The van der Waals surface area contributed by atoms with E-state index in [1.165, 1.54) is 39.5 Å². The van der Waals surface area contributed by atoms with Gasteiger partial charge in [-0.05, 0) is 68.1 Å². The second-order valence-corrected chi connectivity index (χ2v) is 10.6. The third-order valence-electron chi connectivity index (χ3n) is 9.36. The van der Waals surface area contributed by atoms with Gasteiger partial charge < -0.3 is 18.9 Å². The Bertz CT molecular complexity index is 767. The number of hydrogen-bond donors (Lipinski definition) is 0. The lowest BCUT2D eigenvalue weighted by molar-refractivity contribution is -0.318. The molecule has 1 spiro atoms. The van der Waals surface area contributed by atoms with E-state index in [1.807, 2.05) is 0 Å². The molecule has 0 unspecified atom stereocenters. The summed E-state index contributed by atoms with van der Waals surface area (Å²) >= 11 is 0. The molecule has 1 aliphatic heterocycles. The van der Waals surface area contributed by atoms with Crippen LogP contribution in [-0.2, 0) is 28.5 Å². The van der Waals surface area contributed by atoms with Gasteiger partial charge in [0.15, 0.2) is 5.79 Å². The molecule has 31 heavy (non-hydrogen) atoms. The molecule has 0 aromatic rings. The Morgan fingerprint density at radius 3 is 2.35 bits per heavy atom. The summed E-state index contributed by atoms with van der Waals surface area (Å²) in [5, 5.41) is 0. The molecule has 3 saturated carbocycles. The van der Waals surface area contributed by atoms with Crippen molar-refractivity contribution < 1.29 is 28.5 Å². The van der Waals surface area contributed by atoms with Crippen molar-refractivity contribution in [1.82, 2.24) is 0 Å². The first kappa shape index (κ1) is 21.4. The van der Waals surface area contributed by atoms with Crippen LogP contribution in [0.1, 0.15) is 78.6 Å². The van der Waals surface area contributed by atoms with Gasteiger partial charge in [-0.15, -0.1) is 0 Å². The number of rotatable bonds is 3. The number of ether oxygens (including phenoxy) is 4. The first-order valence-electron chi connectivity index (χ1n) is 12.1. The monoisotopic (exact) mass is 432 g/mol. The van der Waals surface area contributed by atoms with Crippen LogP contribution in [0.15, 0.2) is 11.6 Å². The number of allylic oxidation sites excluding steroid dienone is 2. The van der Waals surface area contributed by atoms with Crippen LogP contribution in [0.3, 0.4) is 0 Å². The molecule has 0 bridgehead atoms. The SMILES string of the molecule is CC(=O)OC(OC(C)=O)[C@]12CC[C@H]3[C@@H](CC=C4CCCC[C@@]43C)[C@@H]1CCC21OCCO1. The Morgan fingerprint density at radius 2 is 1.68 bits per heavy atom. The Morgan fingerprint density at radius 1 is 1.00 bits per heavy atom. The predicted octanol–water partition coefficient (Wildman–Crippen LogP) is 4.51. The van der Waals surface area contributed by atoms with Crippen LogP contribution < -0.4 is 0 Å². The minimum absolute atomic E-state index is 0.226. The van der Waals surface area contributed by atoms with Crippen molar-refractivity contribution in [2.45, 2.75) is 90.6 Å². The van der Waals surface area contributed by atoms with Gasteiger partial charge in [-0.2, -0.15) is 0 Å². The number of carbonyl (C=O) groups excluding carboxylic acids is 2. The normalized spacial score (nSPS) is 40.6. The highest BCUT2D eigenvalue weighted by atomic mass is 16.8. The van der Waals surface area contributed by atoms with Crippen molar-refractivity contribution in [1.29, 1.82) is 0 Å². The van der Waals surface area contributed by atoms with Crippen molar-refractivity contribution in [3.05, 3.63) is 11.6 Å². The van der Waals surface area contributed by atoms with Crippen LogP contribution in [0.5, 0.6) is 0 Å². The quantitative estimate of drug-likeness (QED) is 0.371. The molecule has 1 saturated heterocycles. The predicted molar refractivity (Wildman–Crippen MR) is 113 cm³/mol. The molecule has 0 aromatic heterocycles. The van der Waals surface area contributed by atoms with E-state index in [4.69, 9.17) is 18.9 Å². The third-order valence-corrected chi connectivity index (χ3v) is 9.36. The van der Waals surface area contributed by atoms with E-state index in [1.54, 1.807) is 5.57 Å². The first-order valence-corrected chi connectivity index (χ1v) is 12.1. The molecule has 5 rings (SSSR count). The second kappa shape index (κ2) is 7.58. The van der Waals surface area contributed by atoms with E-state index in [0.717, 1.165) is 32.1 Å². The van der Waals surface area contributed by atoms with E-state index >= 15 is 0 Å². The lowest BCUT2D eigenvalue weighted by Gasteiger charge is -2.59. The minimum Gasteiger partial charge on any atom is -0.424 e. The largest absolute Gasteiger partial charge is 0.424 e. The van der Waals surface area contributed by atoms with Gasteiger partial charge in [-0.3, -0.25) is 9.59 Å². The number of esters is 2. The van der Waals surface area contributed by atoms with E-state index in [9.17, 15) is 9.59 Å². The molecule has 5 aliphatic rings. The zero-order valence-electron chi connectivity index (χ0n) is 19.1. The fourth-order valence-electron chi connectivity index (χ4n) is 8.27. The first-order chi connectivity index (χ1) is 14.8. The van der Waals surface area contributed by atoms with Gasteiger partial charge in [-0.25, -0.2) is 0 Å². The Hall–Kier alpha value is -1.40. The van der Waals surface area contributed by atoms with Crippen LogP contribution in [0, 0.1) is 28.6 Å². The average Bonchev–Trinajstić information content (AvgIpc) is 3.33. The van der Waals surface area contributed by atoms with Gasteiger partial charge in [-0.1, -0.05) is 25.0 Å². The van der Waals surface area contributed by atoms with Gasteiger partial charge in [0.25, 0.3) is 6.29 Å². The summed E-state index contributed by atoms with van der Waals surface area (Å²) in [7, 11) is 0. The molecule has 4 fully saturated rings. The van der Waals surface area contributed by atoms with Gasteiger partial charge in [0.05, 0.1) is 13.2 Å². The van der Waals surface area contributed by atoms with E-state index < -0.39 is 29.4 Å². The van der Waals surface area contributed by atoms with Crippen LogP contribution in [-0.4, -0.2) is 37.2 Å². The summed E-state index contributed by atoms with van der Waals surface area (Å²) in [5.74, 6) is -0.419. The molecule has 0 amide bonds. The molecule has 6 heteroatoms. The maximum atomic E-state index is 12.1. The smallest absolute Gasteiger partial charge is 0.305 e. The van der Waals surface area contributed by atoms with Gasteiger partial charge in [0, 0.05) is 20.3 Å². The third kappa shape index (κ3) is 3.04. The molecule has 5 atom stereocenters. The second-order valence-electron chi connectivity index (χ2n) is 10.6. The number of hydrogen-bond acceptors (Lipinski definition) is 6. The van der Waals surface area contributed by atoms with Gasteiger partial charge >= 0.3 is 11.9 Å². The lowest BCUT2D eigenvalue weighted by Crippen LogP contribution is -2.62. The van der Waals surface area contributed by atoms with Crippen molar-refractivity contribution in [3.8, 4) is 0 Å². The molecule has 4 aliphatic carbocycles. The highest BCUT2D eigenvalue weighted by Gasteiger charge is 2.73. The molecular formula is C25H36O6. The summed E-state index contributed by atoms with van der Waals surface area (Å²) in [4.78, 5) is 24.2. The maximum Gasteiger partial charge on any atom is 0.305 e. The molecule has 0 aromatic carbocycles. The highest BCUT2D eigenvalue weighted by molar-refractivity contribution is 5.68. The summed E-state index contributed by atoms with van der Waals surface area (Å²) in [6, 6.07) is 0. The van der Waals surface area contributed by atoms with Crippen molar-refractivity contribution >= 4 is 11.9 Å². The van der Waals surface area contributed by atoms with E-state index in [0.29, 0.717) is 25.0 Å². The molecule has 172 valence electrons. The lowest BCUT2D eigenvalue weighted by atomic mass is 9.47. The summed E-state index contributed by atoms with van der Waals surface area (Å²) in [5.41, 5.74) is 1.27. The molecule has 0 N–H and O–H groups in total. The fraction of sp³-hybridized carbons (Fsp3) is 0.840. The number of fused-ring (bicyclic) bond motifs is 6. The Kier molecular flexibility index (Phi) is 5.25.